The minimum atomic E-state index is -0.370. The lowest BCUT2D eigenvalue weighted by Gasteiger charge is -2.34. The predicted octanol–water partition coefficient (Wildman–Crippen LogP) is 6.63. The fraction of sp³-hybridized carbons (Fsp3) is 0.258. The van der Waals surface area contributed by atoms with Gasteiger partial charge >= 0.3 is 0 Å². The molecule has 0 spiro atoms. The molecule has 1 saturated heterocycles. The largest absolute Gasteiger partial charge is 0.455 e. The van der Waals surface area contributed by atoms with Crippen molar-refractivity contribution < 1.29 is 18.4 Å². The molecular formula is C31H29ClFN5O3S. The van der Waals surface area contributed by atoms with E-state index in [9.17, 15) is 14.0 Å². The van der Waals surface area contributed by atoms with Crippen LogP contribution in [0.25, 0.3) is 27.9 Å². The van der Waals surface area contributed by atoms with Gasteiger partial charge < -0.3 is 18.9 Å². The SMILES string of the molecule is CNC(=O)c1c(-c2ccc(F)cc2)oc2cc(N(C)SC)c(C3CCCN(C(=O)c4cn5c(Cl)cccc5n4)C3)cc12. The van der Waals surface area contributed by atoms with Crippen molar-refractivity contribution in [3.05, 3.63) is 88.6 Å². The number of rotatable bonds is 6. The van der Waals surface area contributed by atoms with Gasteiger partial charge in [-0.15, -0.1) is 0 Å². The van der Waals surface area contributed by atoms with Crippen molar-refractivity contribution in [2.45, 2.75) is 18.8 Å². The molecule has 1 aliphatic rings. The summed E-state index contributed by atoms with van der Waals surface area (Å²) in [5.74, 6) is -0.417. The normalized spacial score (nSPS) is 15.4. The fourth-order valence-electron chi connectivity index (χ4n) is 5.66. The summed E-state index contributed by atoms with van der Waals surface area (Å²) in [6.07, 6.45) is 5.36. The van der Waals surface area contributed by atoms with Crippen LogP contribution in [0.3, 0.4) is 0 Å². The Morgan fingerprint density at radius 1 is 1.19 bits per heavy atom. The van der Waals surface area contributed by atoms with Gasteiger partial charge in [-0.3, -0.25) is 14.0 Å². The molecular weight excluding hydrogens is 577 g/mol. The molecule has 1 atom stereocenters. The number of carbonyl (C=O) groups is 2. The van der Waals surface area contributed by atoms with Crippen molar-refractivity contribution in [3.63, 3.8) is 0 Å². The van der Waals surface area contributed by atoms with Crippen molar-refractivity contribution in [3.8, 4) is 11.3 Å². The zero-order valence-corrected chi connectivity index (χ0v) is 24.9. The number of aromatic nitrogens is 2. The highest BCUT2D eigenvalue weighted by Crippen LogP contribution is 2.42. The van der Waals surface area contributed by atoms with Crippen LogP contribution in [0.5, 0.6) is 0 Å². The number of anilines is 1. The summed E-state index contributed by atoms with van der Waals surface area (Å²) < 4.78 is 23.7. The van der Waals surface area contributed by atoms with Crippen LogP contribution in [-0.4, -0.2) is 59.5 Å². The Morgan fingerprint density at radius 2 is 1.98 bits per heavy atom. The second-order valence-electron chi connectivity index (χ2n) is 10.3. The van der Waals surface area contributed by atoms with Crippen molar-refractivity contribution >= 4 is 57.7 Å². The topological polar surface area (TPSA) is 83.1 Å². The third-order valence-corrected chi connectivity index (χ3v) is 8.87. The maximum atomic E-state index is 13.7. The number of furan rings is 1. The Morgan fingerprint density at radius 3 is 2.69 bits per heavy atom. The lowest BCUT2D eigenvalue weighted by molar-refractivity contribution is 0.0702. The van der Waals surface area contributed by atoms with Gasteiger partial charge in [-0.2, -0.15) is 0 Å². The summed E-state index contributed by atoms with van der Waals surface area (Å²) in [5, 5.41) is 3.88. The Kier molecular flexibility index (Phi) is 7.59. The molecule has 1 fully saturated rings. The average Bonchev–Trinajstić information content (AvgIpc) is 3.62. The number of fused-ring (bicyclic) bond motifs is 2. The molecule has 2 amide bonds. The van der Waals surface area contributed by atoms with Gasteiger partial charge in [0.25, 0.3) is 11.8 Å². The van der Waals surface area contributed by atoms with Crippen LogP contribution in [0.15, 0.2) is 65.2 Å². The first-order valence-electron chi connectivity index (χ1n) is 13.6. The molecule has 2 aromatic carbocycles. The number of imidazole rings is 1. The van der Waals surface area contributed by atoms with Gasteiger partial charge in [0.05, 0.1) is 11.3 Å². The van der Waals surface area contributed by atoms with E-state index in [4.69, 9.17) is 16.0 Å². The summed E-state index contributed by atoms with van der Waals surface area (Å²) in [6, 6.07) is 15.2. The number of hydrogen-bond donors (Lipinski definition) is 1. The smallest absolute Gasteiger partial charge is 0.274 e. The fourth-order valence-corrected chi connectivity index (χ4v) is 6.22. The standard InChI is InChI=1S/C31H29ClFN5O3S/c1-34-30(39)28-22-14-21(24(36(2)42-3)15-25(22)41-29(28)18-9-11-20(33)12-10-18)19-6-5-13-37(16-19)31(40)23-17-38-26(32)7-4-8-27(38)35-23/h4,7-12,14-15,17,19H,5-6,13,16H2,1-3H3,(H,34,39). The van der Waals surface area contributed by atoms with E-state index in [1.165, 1.54) is 12.1 Å². The van der Waals surface area contributed by atoms with Gasteiger partial charge in [-0.05, 0) is 60.9 Å². The summed E-state index contributed by atoms with van der Waals surface area (Å²) in [5.41, 5.74) is 4.48. The van der Waals surface area contributed by atoms with Crippen molar-refractivity contribution in [1.29, 1.82) is 0 Å². The summed E-state index contributed by atoms with van der Waals surface area (Å²) in [6.45, 7) is 1.12. The molecule has 8 nitrogen and oxygen atoms in total. The van der Waals surface area contributed by atoms with E-state index in [1.54, 1.807) is 53.9 Å². The number of nitrogens with zero attached hydrogens (tertiary/aromatic N) is 4. The van der Waals surface area contributed by atoms with Gasteiger partial charge in [0.1, 0.15) is 33.7 Å². The molecule has 4 heterocycles. The van der Waals surface area contributed by atoms with Gasteiger partial charge in [-0.25, -0.2) is 9.37 Å². The van der Waals surface area contributed by atoms with Gasteiger partial charge in [0, 0.05) is 62.6 Å². The predicted molar refractivity (Wildman–Crippen MR) is 165 cm³/mol. The molecule has 216 valence electrons. The van der Waals surface area contributed by atoms with Gasteiger partial charge in [0.2, 0.25) is 0 Å². The maximum absolute atomic E-state index is 13.7. The van der Waals surface area contributed by atoms with Crippen LogP contribution in [0.2, 0.25) is 5.15 Å². The number of likely N-dealkylation sites (tertiary alicyclic amines) is 1. The van der Waals surface area contributed by atoms with Crippen LogP contribution in [0.1, 0.15) is 45.2 Å². The van der Waals surface area contributed by atoms with Gasteiger partial charge in [0.15, 0.2) is 0 Å². The second-order valence-corrected chi connectivity index (χ2v) is 11.6. The quantitative estimate of drug-likeness (QED) is 0.173. The molecule has 3 aromatic heterocycles. The van der Waals surface area contributed by atoms with E-state index in [0.29, 0.717) is 57.4 Å². The number of carbonyl (C=O) groups excluding carboxylic acids is 2. The average molecular weight is 606 g/mol. The van der Waals surface area contributed by atoms with Crippen LogP contribution >= 0.6 is 23.5 Å². The number of hydrogen-bond acceptors (Lipinski definition) is 6. The number of piperidine rings is 1. The lowest BCUT2D eigenvalue weighted by atomic mass is 9.88. The lowest BCUT2D eigenvalue weighted by Crippen LogP contribution is -2.39. The number of nitrogens with one attached hydrogen (secondary N) is 1. The highest BCUT2D eigenvalue weighted by molar-refractivity contribution is 7.99. The number of benzene rings is 2. The molecule has 0 bridgehead atoms. The minimum Gasteiger partial charge on any atom is -0.455 e. The molecule has 5 aromatic rings. The van der Waals surface area contributed by atoms with E-state index >= 15 is 0 Å². The van der Waals surface area contributed by atoms with E-state index in [0.717, 1.165) is 24.1 Å². The Balaban J connectivity index is 1.42. The minimum absolute atomic E-state index is 0.0130. The summed E-state index contributed by atoms with van der Waals surface area (Å²) in [7, 11) is 3.55. The molecule has 11 heteroatoms. The summed E-state index contributed by atoms with van der Waals surface area (Å²) >= 11 is 7.86. The van der Waals surface area contributed by atoms with Crippen molar-refractivity contribution in [2.75, 3.05) is 37.7 Å². The molecule has 0 radical (unpaired) electrons. The van der Waals surface area contributed by atoms with E-state index < -0.39 is 0 Å². The van der Waals surface area contributed by atoms with Crippen LogP contribution < -0.4 is 9.62 Å². The first kappa shape index (κ1) is 28.1. The highest BCUT2D eigenvalue weighted by atomic mass is 35.5. The Labute approximate surface area is 251 Å². The molecule has 0 saturated carbocycles. The number of amides is 2. The molecule has 1 unspecified atom stereocenters. The van der Waals surface area contributed by atoms with Crippen molar-refractivity contribution in [2.24, 2.45) is 0 Å². The van der Waals surface area contributed by atoms with E-state index in [1.807, 2.05) is 36.4 Å². The first-order valence-corrected chi connectivity index (χ1v) is 15.1. The maximum Gasteiger partial charge on any atom is 0.274 e. The zero-order valence-electron chi connectivity index (χ0n) is 23.4. The van der Waals surface area contributed by atoms with E-state index in [2.05, 4.69) is 14.6 Å². The summed E-state index contributed by atoms with van der Waals surface area (Å²) in [4.78, 5) is 33.1. The van der Waals surface area contributed by atoms with Crippen molar-refractivity contribution in [1.82, 2.24) is 19.6 Å². The second kappa shape index (κ2) is 11.3. The molecule has 6 rings (SSSR count). The molecule has 42 heavy (non-hydrogen) atoms. The highest BCUT2D eigenvalue weighted by Gasteiger charge is 2.31. The number of halogens is 2. The monoisotopic (exact) mass is 605 g/mol. The third kappa shape index (κ3) is 4.98. The third-order valence-electron chi connectivity index (χ3n) is 7.82. The molecule has 1 aliphatic heterocycles. The Bertz CT molecular complexity index is 1820. The van der Waals surface area contributed by atoms with E-state index in [-0.39, 0.29) is 23.5 Å². The van der Waals surface area contributed by atoms with Gasteiger partial charge in [-0.1, -0.05) is 29.6 Å². The molecule has 1 N–H and O–H groups in total. The number of pyridine rings is 1. The zero-order chi connectivity index (χ0) is 29.5. The van der Waals surface area contributed by atoms with Crippen LogP contribution in [-0.2, 0) is 0 Å². The van der Waals surface area contributed by atoms with Crippen LogP contribution in [0, 0.1) is 5.82 Å². The Hall–Kier alpha value is -4.02. The molecule has 0 aliphatic carbocycles. The first-order chi connectivity index (χ1) is 20.3. The van der Waals surface area contributed by atoms with Crippen LogP contribution in [0.4, 0.5) is 10.1 Å².